The highest BCUT2D eigenvalue weighted by molar-refractivity contribution is 5.80. The summed E-state index contributed by atoms with van der Waals surface area (Å²) in [5.74, 6) is 1.50. The Morgan fingerprint density at radius 1 is 1.17 bits per heavy atom. The topological polar surface area (TPSA) is 61.8 Å². The maximum Gasteiger partial charge on any atom is 0.218 e. The minimum absolute atomic E-state index is 0.459. The van der Waals surface area contributed by atoms with Crippen molar-refractivity contribution >= 4 is 5.96 Å². The zero-order chi connectivity index (χ0) is 21.2. The summed E-state index contributed by atoms with van der Waals surface area (Å²) in [4.78, 5) is 11.8. The number of likely N-dealkylation sites (tertiary alicyclic amines) is 1. The summed E-state index contributed by atoms with van der Waals surface area (Å²) in [5.41, 5.74) is 2.11. The van der Waals surface area contributed by atoms with Crippen LogP contribution in [0, 0.1) is 0 Å². The van der Waals surface area contributed by atoms with Crippen LogP contribution >= 0.6 is 0 Å². The Bertz CT molecular complexity index is 785. The maximum atomic E-state index is 5.97. The molecule has 1 saturated heterocycles. The van der Waals surface area contributed by atoms with Crippen LogP contribution in [0.15, 0.2) is 53.7 Å². The summed E-state index contributed by atoms with van der Waals surface area (Å²) < 4.78 is 5.97. The van der Waals surface area contributed by atoms with Gasteiger partial charge in [-0.15, -0.1) is 0 Å². The molecule has 0 saturated carbocycles. The lowest BCUT2D eigenvalue weighted by Crippen LogP contribution is -2.49. The van der Waals surface area contributed by atoms with Gasteiger partial charge in [0, 0.05) is 43.5 Å². The van der Waals surface area contributed by atoms with Crippen LogP contribution in [0.5, 0.6) is 5.88 Å². The quantitative estimate of drug-likeness (QED) is 0.515. The van der Waals surface area contributed by atoms with Gasteiger partial charge in [0.1, 0.15) is 6.61 Å². The fraction of sp³-hybridized carbons (Fsp3) is 0.500. The molecule has 6 nitrogen and oxygen atoms in total. The monoisotopic (exact) mass is 409 g/mol. The summed E-state index contributed by atoms with van der Waals surface area (Å²) in [5, 5.41) is 6.99. The number of benzene rings is 1. The van der Waals surface area contributed by atoms with Gasteiger partial charge in [-0.1, -0.05) is 36.4 Å². The number of nitrogens with zero attached hydrogens (tertiary/aromatic N) is 3. The zero-order valence-electron chi connectivity index (χ0n) is 18.5. The van der Waals surface area contributed by atoms with Crippen molar-refractivity contribution in [2.24, 2.45) is 4.99 Å². The predicted octanol–water partition coefficient (Wildman–Crippen LogP) is 3.59. The Morgan fingerprint density at radius 3 is 2.63 bits per heavy atom. The number of nitrogens with one attached hydrogen (secondary N) is 2. The summed E-state index contributed by atoms with van der Waals surface area (Å²) in [6, 6.07) is 15.2. The van der Waals surface area contributed by atoms with Gasteiger partial charge >= 0.3 is 0 Å². The molecule has 0 amide bonds. The van der Waals surface area contributed by atoms with Gasteiger partial charge in [0.15, 0.2) is 5.96 Å². The van der Waals surface area contributed by atoms with Crippen LogP contribution in [0.1, 0.15) is 44.7 Å². The fourth-order valence-electron chi connectivity index (χ4n) is 3.64. The van der Waals surface area contributed by atoms with E-state index in [1.54, 1.807) is 6.20 Å². The van der Waals surface area contributed by atoms with Crippen molar-refractivity contribution < 1.29 is 4.74 Å². The Balaban J connectivity index is 1.59. The number of hydrogen-bond donors (Lipinski definition) is 2. The first-order valence-electron chi connectivity index (χ1n) is 11.0. The molecule has 6 heteroatoms. The Kier molecular flexibility index (Phi) is 8.51. The minimum Gasteiger partial charge on any atom is -0.473 e. The molecule has 0 radical (unpaired) electrons. The van der Waals surface area contributed by atoms with E-state index in [9.17, 15) is 0 Å². The highest BCUT2D eigenvalue weighted by Gasteiger charge is 2.21. The maximum absolute atomic E-state index is 5.97. The number of aliphatic imine (C=N–C) groups is 1. The molecule has 0 atom stereocenters. The predicted molar refractivity (Wildman–Crippen MR) is 123 cm³/mol. The van der Waals surface area contributed by atoms with Crippen molar-refractivity contribution in [3.05, 3.63) is 59.8 Å². The third-order valence-electron chi connectivity index (χ3n) is 5.42. The molecular weight excluding hydrogens is 374 g/mol. The molecule has 0 aliphatic carbocycles. The number of guanidine groups is 1. The average Bonchev–Trinajstić information content (AvgIpc) is 2.78. The van der Waals surface area contributed by atoms with Gasteiger partial charge < -0.3 is 20.3 Å². The standard InChI is InChI=1S/C24H35N5O/c1-4-25-24(28-22-12-15-29(16-13-22)19(2)3)27-17-21-11-8-14-26-23(21)30-18-20-9-6-5-7-10-20/h5-11,14,19,22H,4,12-13,15-18H2,1-3H3,(H2,25,27,28). The van der Waals surface area contributed by atoms with Crippen molar-refractivity contribution in [3.63, 3.8) is 0 Å². The molecule has 0 unspecified atom stereocenters. The van der Waals surface area contributed by atoms with Crippen LogP contribution in [-0.2, 0) is 13.2 Å². The number of ether oxygens (including phenoxy) is 1. The van der Waals surface area contributed by atoms with Crippen LogP contribution < -0.4 is 15.4 Å². The summed E-state index contributed by atoms with van der Waals surface area (Å²) >= 11 is 0. The summed E-state index contributed by atoms with van der Waals surface area (Å²) in [6.07, 6.45) is 4.04. The van der Waals surface area contributed by atoms with E-state index in [0.29, 0.717) is 31.1 Å². The van der Waals surface area contributed by atoms with Crippen LogP contribution in [0.4, 0.5) is 0 Å². The van der Waals surface area contributed by atoms with Gasteiger partial charge in [-0.3, -0.25) is 0 Å². The van der Waals surface area contributed by atoms with E-state index in [2.05, 4.69) is 53.4 Å². The summed E-state index contributed by atoms with van der Waals surface area (Å²) in [6.45, 7) is 10.8. The lowest BCUT2D eigenvalue weighted by atomic mass is 10.0. The first-order valence-corrected chi connectivity index (χ1v) is 11.0. The Morgan fingerprint density at radius 2 is 1.93 bits per heavy atom. The van der Waals surface area contributed by atoms with Crippen LogP contribution in [0.3, 0.4) is 0 Å². The van der Waals surface area contributed by atoms with Gasteiger partial charge in [-0.05, 0) is 45.2 Å². The molecule has 1 fully saturated rings. The van der Waals surface area contributed by atoms with Crippen LogP contribution in [0.2, 0.25) is 0 Å². The molecule has 1 aliphatic rings. The van der Waals surface area contributed by atoms with E-state index < -0.39 is 0 Å². The second-order valence-electron chi connectivity index (χ2n) is 7.99. The normalized spacial score (nSPS) is 15.9. The number of rotatable bonds is 8. The third-order valence-corrected chi connectivity index (χ3v) is 5.42. The SMILES string of the molecule is CCNC(=NCc1cccnc1OCc1ccccc1)NC1CCN(C(C)C)CC1. The van der Waals surface area contributed by atoms with Crippen LogP contribution in [-0.4, -0.2) is 47.6 Å². The van der Waals surface area contributed by atoms with Gasteiger partial charge in [-0.2, -0.15) is 0 Å². The zero-order valence-corrected chi connectivity index (χ0v) is 18.5. The molecular formula is C24H35N5O. The second kappa shape index (κ2) is 11.6. The van der Waals surface area contributed by atoms with Gasteiger partial charge in [0.05, 0.1) is 6.54 Å². The van der Waals surface area contributed by atoms with Crippen molar-refractivity contribution in [1.29, 1.82) is 0 Å². The van der Waals surface area contributed by atoms with E-state index in [1.165, 1.54) is 0 Å². The first kappa shape index (κ1) is 22.1. The van der Waals surface area contributed by atoms with Crippen molar-refractivity contribution in [2.45, 2.75) is 58.8 Å². The number of pyridine rings is 1. The van der Waals surface area contributed by atoms with E-state index >= 15 is 0 Å². The Labute approximate surface area is 180 Å². The lowest BCUT2D eigenvalue weighted by Gasteiger charge is -2.35. The molecule has 0 bridgehead atoms. The largest absolute Gasteiger partial charge is 0.473 e. The van der Waals surface area contributed by atoms with E-state index in [1.807, 2.05) is 30.3 Å². The van der Waals surface area contributed by atoms with E-state index in [-0.39, 0.29) is 0 Å². The minimum atomic E-state index is 0.459. The van der Waals surface area contributed by atoms with E-state index in [0.717, 1.165) is 49.6 Å². The van der Waals surface area contributed by atoms with Gasteiger partial charge in [-0.25, -0.2) is 9.98 Å². The highest BCUT2D eigenvalue weighted by Crippen LogP contribution is 2.17. The number of piperidine rings is 1. The van der Waals surface area contributed by atoms with Gasteiger partial charge in [0.25, 0.3) is 0 Å². The lowest BCUT2D eigenvalue weighted by molar-refractivity contribution is 0.167. The smallest absolute Gasteiger partial charge is 0.218 e. The molecule has 2 heterocycles. The molecule has 1 aliphatic heterocycles. The van der Waals surface area contributed by atoms with E-state index in [4.69, 9.17) is 9.73 Å². The average molecular weight is 410 g/mol. The molecule has 2 N–H and O–H groups in total. The molecule has 162 valence electrons. The third kappa shape index (κ3) is 6.73. The highest BCUT2D eigenvalue weighted by atomic mass is 16.5. The Hall–Kier alpha value is -2.60. The number of aromatic nitrogens is 1. The second-order valence-corrected chi connectivity index (χ2v) is 7.99. The molecule has 30 heavy (non-hydrogen) atoms. The molecule has 2 aromatic rings. The molecule has 0 spiro atoms. The molecule has 3 rings (SSSR count). The summed E-state index contributed by atoms with van der Waals surface area (Å²) in [7, 11) is 0. The molecule has 1 aromatic heterocycles. The van der Waals surface area contributed by atoms with Crippen molar-refractivity contribution in [3.8, 4) is 5.88 Å². The number of hydrogen-bond acceptors (Lipinski definition) is 4. The van der Waals surface area contributed by atoms with Crippen LogP contribution in [0.25, 0.3) is 0 Å². The fourth-order valence-corrected chi connectivity index (χ4v) is 3.64. The van der Waals surface area contributed by atoms with Crippen molar-refractivity contribution in [1.82, 2.24) is 20.5 Å². The van der Waals surface area contributed by atoms with Gasteiger partial charge in [0.2, 0.25) is 5.88 Å². The van der Waals surface area contributed by atoms with Crippen molar-refractivity contribution in [2.75, 3.05) is 19.6 Å². The first-order chi connectivity index (χ1) is 14.7. The molecule has 1 aromatic carbocycles.